The summed E-state index contributed by atoms with van der Waals surface area (Å²) in [6, 6.07) is 0. The molecule has 2 unspecified atom stereocenters. The van der Waals surface area contributed by atoms with Crippen LogP contribution in [0.25, 0.3) is 0 Å². The zero-order valence-corrected chi connectivity index (χ0v) is 22.5. The van der Waals surface area contributed by atoms with Gasteiger partial charge in [0, 0.05) is 12.5 Å². The van der Waals surface area contributed by atoms with Crippen LogP contribution in [-0.2, 0) is 9.47 Å². The van der Waals surface area contributed by atoms with Crippen LogP contribution in [0.3, 0.4) is 0 Å². The fraction of sp³-hybridized carbons (Fsp3) is 0.933. The van der Waals surface area contributed by atoms with Crippen molar-refractivity contribution in [3.63, 3.8) is 0 Å². The van der Waals surface area contributed by atoms with Crippen molar-refractivity contribution in [2.45, 2.75) is 123 Å². The molecule has 4 saturated carbocycles. The Kier molecular flexibility index (Phi) is 5.75. The van der Waals surface area contributed by atoms with Gasteiger partial charge in [0.15, 0.2) is 0 Å². The lowest BCUT2D eigenvalue weighted by Crippen LogP contribution is -2.69. The molecule has 4 aliphatic carbocycles. The van der Waals surface area contributed by atoms with Gasteiger partial charge in [-0.2, -0.15) is 0 Å². The molecule has 3 heteroatoms. The van der Waals surface area contributed by atoms with Crippen molar-refractivity contribution in [1.82, 2.24) is 0 Å². The van der Waals surface area contributed by atoms with Crippen molar-refractivity contribution >= 4 is 0 Å². The number of fused-ring (bicyclic) bond motifs is 3. The van der Waals surface area contributed by atoms with Crippen LogP contribution < -0.4 is 0 Å². The molecule has 1 saturated heterocycles. The molecule has 0 radical (unpaired) electrons. The molecule has 1 aliphatic heterocycles. The molecular weight excluding hydrogens is 408 g/mol. The highest BCUT2D eigenvalue weighted by atomic mass is 16.6. The molecule has 0 bridgehead atoms. The van der Waals surface area contributed by atoms with Gasteiger partial charge >= 0.3 is 0 Å². The van der Waals surface area contributed by atoms with E-state index in [1.54, 1.807) is 0 Å². The van der Waals surface area contributed by atoms with E-state index < -0.39 is 0 Å². The fourth-order valence-electron chi connectivity index (χ4n) is 10.1. The lowest BCUT2D eigenvalue weighted by Gasteiger charge is -2.63. The average Bonchev–Trinajstić information content (AvgIpc) is 3.40. The number of methoxy groups -OCH3 is 1. The second-order valence-electron chi connectivity index (χ2n) is 13.8. The van der Waals surface area contributed by atoms with Crippen molar-refractivity contribution in [3.05, 3.63) is 12.2 Å². The molecule has 1 N–H and O–H groups in total. The zero-order valence-electron chi connectivity index (χ0n) is 22.5. The zero-order chi connectivity index (χ0) is 24.0. The molecule has 1 spiro atoms. The quantitative estimate of drug-likeness (QED) is 0.352. The summed E-state index contributed by atoms with van der Waals surface area (Å²) in [4.78, 5) is 0. The van der Waals surface area contributed by atoms with Crippen LogP contribution in [0.4, 0.5) is 0 Å². The molecule has 0 aromatic carbocycles. The van der Waals surface area contributed by atoms with E-state index in [1.165, 1.54) is 32.1 Å². The maximum Gasteiger partial charge on any atom is 0.127 e. The minimum Gasteiger partial charge on any atom is -0.389 e. The normalized spacial score (nSPS) is 52.5. The van der Waals surface area contributed by atoms with Crippen LogP contribution >= 0.6 is 0 Å². The summed E-state index contributed by atoms with van der Waals surface area (Å²) >= 11 is 0. The standard InChI is InChI=1S/C30H50O3/c1-18(2)19(3)9-10-20(4)22-11-16-29(32-8)28(22,7)15-13-25-27(6)14-12-24(31)21(5)23(27)17-26-30(25,29)33-26/h18-20,22-26,31H,5,9-17H2,1-4,6-8H3/t19-,20-,22-,23?,24+,25?,26+,27+,28-,29+,30-/m1/s1. The highest BCUT2D eigenvalue weighted by Crippen LogP contribution is 2.78. The van der Waals surface area contributed by atoms with Gasteiger partial charge in [-0.1, -0.05) is 61.0 Å². The summed E-state index contributed by atoms with van der Waals surface area (Å²) in [7, 11) is 1.99. The Bertz CT molecular complexity index is 791. The van der Waals surface area contributed by atoms with E-state index in [2.05, 4.69) is 48.1 Å². The van der Waals surface area contributed by atoms with Crippen molar-refractivity contribution in [3.8, 4) is 0 Å². The minimum absolute atomic E-state index is 0.123. The van der Waals surface area contributed by atoms with Gasteiger partial charge in [-0.25, -0.2) is 0 Å². The van der Waals surface area contributed by atoms with Gasteiger partial charge in [0.05, 0.1) is 12.2 Å². The molecule has 11 atom stereocenters. The molecule has 5 fully saturated rings. The monoisotopic (exact) mass is 458 g/mol. The van der Waals surface area contributed by atoms with E-state index in [0.29, 0.717) is 17.8 Å². The first-order valence-electron chi connectivity index (χ1n) is 14.1. The Morgan fingerprint density at radius 2 is 1.79 bits per heavy atom. The largest absolute Gasteiger partial charge is 0.389 e. The highest BCUT2D eigenvalue weighted by molar-refractivity contribution is 5.36. The lowest BCUT2D eigenvalue weighted by atomic mass is 9.42. The first-order valence-corrected chi connectivity index (χ1v) is 14.1. The van der Waals surface area contributed by atoms with Crippen LogP contribution in [0.2, 0.25) is 0 Å². The van der Waals surface area contributed by atoms with Gasteiger partial charge in [-0.15, -0.1) is 0 Å². The number of epoxide rings is 1. The second-order valence-corrected chi connectivity index (χ2v) is 13.8. The molecule has 3 nitrogen and oxygen atoms in total. The van der Waals surface area contributed by atoms with Crippen molar-refractivity contribution < 1.29 is 14.6 Å². The van der Waals surface area contributed by atoms with Crippen LogP contribution in [0.15, 0.2) is 12.2 Å². The molecule has 0 aromatic rings. The number of hydrogen-bond donors (Lipinski definition) is 1. The van der Waals surface area contributed by atoms with E-state index in [4.69, 9.17) is 9.47 Å². The molecule has 33 heavy (non-hydrogen) atoms. The molecule has 0 amide bonds. The topological polar surface area (TPSA) is 42.0 Å². The molecular formula is C30H50O3. The average molecular weight is 459 g/mol. The highest BCUT2D eigenvalue weighted by Gasteiger charge is 2.85. The molecule has 5 rings (SSSR count). The van der Waals surface area contributed by atoms with Crippen LogP contribution in [0.5, 0.6) is 0 Å². The summed E-state index contributed by atoms with van der Waals surface area (Å²) in [5, 5.41) is 10.6. The smallest absolute Gasteiger partial charge is 0.127 e. The molecule has 5 aliphatic rings. The van der Waals surface area contributed by atoms with Gasteiger partial charge in [0.2, 0.25) is 0 Å². The van der Waals surface area contributed by atoms with Crippen LogP contribution in [0, 0.1) is 46.3 Å². The Morgan fingerprint density at radius 1 is 1.06 bits per heavy atom. The van der Waals surface area contributed by atoms with Gasteiger partial charge in [-0.05, 0) is 91.4 Å². The van der Waals surface area contributed by atoms with Gasteiger partial charge in [-0.3, -0.25) is 0 Å². The summed E-state index contributed by atoms with van der Waals surface area (Å²) in [5.41, 5.74) is 1.14. The lowest BCUT2D eigenvalue weighted by molar-refractivity contribution is -0.218. The summed E-state index contributed by atoms with van der Waals surface area (Å²) in [6.07, 6.45) is 10.5. The third kappa shape index (κ3) is 2.97. The fourth-order valence-corrected chi connectivity index (χ4v) is 10.1. The van der Waals surface area contributed by atoms with E-state index in [9.17, 15) is 5.11 Å². The van der Waals surface area contributed by atoms with Gasteiger partial charge < -0.3 is 14.6 Å². The number of ether oxygens (including phenoxy) is 2. The third-order valence-corrected chi connectivity index (χ3v) is 12.5. The first-order chi connectivity index (χ1) is 15.5. The molecule has 188 valence electrons. The number of aliphatic hydroxyl groups is 1. The summed E-state index contributed by atoms with van der Waals surface area (Å²) in [5.74, 6) is 3.91. The SMILES string of the molecule is C=C1C2C[C@@H]3O[C@]34C(CC[C@]3(C)[C@@H]([C@H](C)CC[C@@H](C)C(C)C)CC[C@@]43OC)[C@@]2(C)CC[C@@H]1O. The maximum atomic E-state index is 10.6. The van der Waals surface area contributed by atoms with Crippen molar-refractivity contribution in [1.29, 1.82) is 0 Å². The Balaban J connectivity index is 1.44. The predicted octanol–water partition coefficient (Wildman–Crippen LogP) is 6.78. The van der Waals surface area contributed by atoms with Crippen LogP contribution in [-0.4, -0.2) is 35.6 Å². The Morgan fingerprint density at radius 3 is 2.45 bits per heavy atom. The predicted molar refractivity (Wildman–Crippen MR) is 134 cm³/mol. The first kappa shape index (κ1) is 24.3. The van der Waals surface area contributed by atoms with E-state index in [-0.39, 0.29) is 34.2 Å². The Hall–Kier alpha value is -0.380. The second kappa shape index (κ2) is 7.81. The van der Waals surface area contributed by atoms with Gasteiger partial charge in [0.25, 0.3) is 0 Å². The van der Waals surface area contributed by atoms with Gasteiger partial charge in [0.1, 0.15) is 11.2 Å². The summed E-state index contributed by atoms with van der Waals surface area (Å²) < 4.78 is 13.6. The number of hydrogen-bond acceptors (Lipinski definition) is 3. The third-order valence-electron chi connectivity index (χ3n) is 12.5. The Labute approximate surface area is 203 Å². The van der Waals surface area contributed by atoms with Crippen molar-refractivity contribution in [2.75, 3.05) is 7.11 Å². The maximum absolute atomic E-state index is 10.6. The van der Waals surface area contributed by atoms with E-state index in [0.717, 1.165) is 49.0 Å². The minimum atomic E-state index is -0.329. The van der Waals surface area contributed by atoms with E-state index in [1.807, 2.05) is 7.11 Å². The summed E-state index contributed by atoms with van der Waals surface area (Å²) in [6.45, 7) is 19.1. The van der Waals surface area contributed by atoms with E-state index >= 15 is 0 Å². The van der Waals surface area contributed by atoms with Crippen molar-refractivity contribution in [2.24, 2.45) is 46.3 Å². The van der Waals surface area contributed by atoms with Crippen LogP contribution in [0.1, 0.15) is 99.3 Å². The molecule has 1 heterocycles. The number of rotatable bonds is 6. The number of aliphatic hydroxyl groups excluding tert-OH is 1. The molecule has 0 aromatic heterocycles.